The lowest BCUT2D eigenvalue weighted by atomic mass is 10.7. The van der Waals surface area contributed by atoms with E-state index in [1.165, 1.54) is 0 Å². The van der Waals surface area contributed by atoms with Gasteiger partial charge in [-0.15, -0.1) is 0 Å². The lowest BCUT2D eigenvalue weighted by molar-refractivity contribution is -0.00380. The van der Waals surface area contributed by atoms with E-state index in [4.69, 9.17) is 37.9 Å². The van der Waals surface area contributed by atoms with Crippen LogP contribution >= 0.6 is 0 Å². The zero-order valence-electron chi connectivity index (χ0n) is 16.5. The van der Waals surface area contributed by atoms with Crippen molar-refractivity contribution in [2.24, 2.45) is 0 Å². The summed E-state index contributed by atoms with van der Waals surface area (Å²) in [6, 6.07) is 0. The van der Waals surface area contributed by atoms with Gasteiger partial charge in [0.15, 0.2) is 0 Å². The molecular formula is C17H38O8. The zero-order valence-corrected chi connectivity index (χ0v) is 16.5. The minimum absolute atomic E-state index is 0.595. The third-order valence-electron chi connectivity index (χ3n) is 2.62. The molecule has 0 aromatic heterocycles. The minimum Gasteiger partial charge on any atom is -0.382 e. The summed E-state index contributed by atoms with van der Waals surface area (Å²) in [4.78, 5) is 0. The second-order valence-electron chi connectivity index (χ2n) is 4.62. The first kappa shape index (κ1) is 26.9. The first-order chi connectivity index (χ1) is 12.3. The third kappa shape index (κ3) is 31.9. The van der Waals surface area contributed by atoms with Crippen molar-refractivity contribution in [2.45, 2.75) is 6.92 Å². The Balaban J connectivity index is 0. The van der Waals surface area contributed by atoms with Crippen LogP contribution in [0.2, 0.25) is 0 Å². The van der Waals surface area contributed by atoms with Gasteiger partial charge in [-0.1, -0.05) is 0 Å². The second kappa shape index (κ2) is 28.5. The molecule has 0 heterocycles. The Morgan fingerprint density at radius 1 is 0.360 bits per heavy atom. The van der Waals surface area contributed by atoms with E-state index in [-0.39, 0.29) is 0 Å². The van der Waals surface area contributed by atoms with Gasteiger partial charge in [-0.05, 0) is 6.92 Å². The molecule has 0 aliphatic carbocycles. The van der Waals surface area contributed by atoms with E-state index >= 15 is 0 Å². The molecule has 0 amide bonds. The van der Waals surface area contributed by atoms with Gasteiger partial charge in [0.25, 0.3) is 0 Å². The molecule has 0 aromatic rings. The average Bonchev–Trinajstić information content (AvgIpc) is 2.63. The molecular weight excluding hydrogens is 332 g/mol. The van der Waals surface area contributed by atoms with Crippen LogP contribution in [0.3, 0.4) is 0 Å². The maximum atomic E-state index is 5.26. The molecule has 154 valence electrons. The first-order valence-corrected chi connectivity index (χ1v) is 8.68. The van der Waals surface area contributed by atoms with E-state index in [0.29, 0.717) is 79.3 Å². The number of hydrogen-bond donors (Lipinski definition) is 0. The first-order valence-electron chi connectivity index (χ1n) is 8.68. The molecule has 0 atom stereocenters. The molecule has 25 heavy (non-hydrogen) atoms. The Labute approximate surface area is 152 Å². The highest BCUT2D eigenvalue weighted by Gasteiger charge is 1.91. The highest BCUT2D eigenvalue weighted by atomic mass is 16.6. The van der Waals surface area contributed by atoms with Gasteiger partial charge >= 0.3 is 0 Å². The monoisotopic (exact) mass is 370 g/mol. The third-order valence-corrected chi connectivity index (χ3v) is 2.62. The fraction of sp³-hybridized carbons (Fsp3) is 1.00. The largest absolute Gasteiger partial charge is 0.382 e. The van der Waals surface area contributed by atoms with E-state index in [0.717, 1.165) is 6.61 Å². The summed E-state index contributed by atoms with van der Waals surface area (Å²) in [6.07, 6.45) is 0. The molecule has 8 nitrogen and oxygen atoms in total. The van der Waals surface area contributed by atoms with Gasteiger partial charge in [-0.3, -0.25) is 0 Å². The van der Waals surface area contributed by atoms with Crippen LogP contribution in [0.1, 0.15) is 6.92 Å². The van der Waals surface area contributed by atoms with Crippen LogP contribution < -0.4 is 0 Å². The van der Waals surface area contributed by atoms with Gasteiger partial charge in [0.2, 0.25) is 0 Å². The smallest absolute Gasteiger partial charge is 0.0701 e. The van der Waals surface area contributed by atoms with Crippen LogP contribution in [0, 0.1) is 0 Å². The Morgan fingerprint density at radius 2 is 0.600 bits per heavy atom. The summed E-state index contributed by atoms with van der Waals surface area (Å²) >= 11 is 0. The molecule has 0 unspecified atom stereocenters. The summed E-state index contributed by atoms with van der Waals surface area (Å²) in [6.45, 7) is 10.3. The summed E-state index contributed by atoms with van der Waals surface area (Å²) in [7, 11) is 4.96. The molecule has 8 heteroatoms. The molecule has 0 saturated carbocycles. The van der Waals surface area contributed by atoms with Gasteiger partial charge in [-0.2, -0.15) is 0 Å². The lowest BCUT2D eigenvalue weighted by Crippen LogP contribution is -2.12. The van der Waals surface area contributed by atoms with Crippen molar-refractivity contribution in [3.8, 4) is 0 Å². The molecule has 0 aliphatic heterocycles. The summed E-state index contributed by atoms with van der Waals surface area (Å²) in [5.41, 5.74) is 0. The number of hydrogen-bond acceptors (Lipinski definition) is 8. The van der Waals surface area contributed by atoms with Crippen molar-refractivity contribution in [3.05, 3.63) is 0 Å². The van der Waals surface area contributed by atoms with E-state index < -0.39 is 0 Å². The molecule has 0 spiro atoms. The molecule has 0 aliphatic rings. The molecule has 0 saturated heterocycles. The minimum atomic E-state index is 0.595. The normalized spacial score (nSPS) is 10.6. The molecule has 0 aromatic carbocycles. The van der Waals surface area contributed by atoms with E-state index in [1.54, 1.807) is 21.3 Å². The van der Waals surface area contributed by atoms with Crippen LogP contribution in [0.15, 0.2) is 0 Å². The van der Waals surface area contributed by atoms with Gasteiger partial charge in [0.1, 0.15) is 0 Å². The van der Waals surface area contributed by atoms with Gasteiger partial charge in [0.05, 0.1) is 79.3 Å². The fourth-order valence-corrected chi connectivity index (χ4v) is 1.33. The Morgan fingerprint density at radius 3 is 0.840 bits per heavy atom. The van der Waals surface area contributed by atoms with Crippen molar-refractivity contribution in [1.82, 2.24) is 0 Å². The predicted octanol–water partition coefficient (Wildman–Crippen LogP) is 1.01. The van der Waals surface area contributed by atoms with Crippen LogP contribution in [0.4, 0.5) is 0 Å². The van der Waals surface area contributed by atoms with Crippen molar-refractivity contribution in [3.63, 3.8) is 0 Å². The molecule has 0 fully saturated rings. The van der Waals surface area contributed by atoms with Gasteiger partial charge < -0.3 is 37.9 Å². The van der Waals surface area contributed by atoms with E-state index in [2.05, 4.69) is 0 Å². The molecule has 0 radical (unpaired) electrons. The Bertz CT molecular complexity index is 187. The standard InChI is InChI=1S/C10H22O5.C7H16O3/c1-11-3-5-13-7-9-15-10-8-14-6-4-12-2;1-3-9-6-7-10-5-4-8-2/h3-10H2,1-2H3;3-7H2,1-2H3. The SMILES string of the molecule is CCOCCOCCOC.COCCOCCOCCOCCOC. The summed E-state index contributed by atoms with van der Waals surface area (Å²) in [5.74, 6) is 0. The van der Waals surface area contributed by atoms with Crippen molar-refractivity contribution >= 4 is 0 Å². The topological polar surface area (TPSA) is 73.8 Å². The summed E-state index contributed by atoms with van der Waals surface area (Å²) < 4.78 is 40.3. The Hall–Kier alpha value is -0.320. The van der Waals surface area contributed by atoms with Crippen LogP contribution in [0.25, 0.3) is 0 Å². The quantitative estimate of drug-likeness (QED) is 0.312. The van der Waals surface area contributed by atoms with E-state index in [9.17, 15) is 0 Å². The van der Waals surface area contributed by atoms with Crippen molar-refractivity contribution in [1.29, 1.82) is 0 Å². The Kier molecular flexibility index (Phi) is 30.7. The van der Waals surface area contributed by atoms with Crippen LogP contribution in [-0.2, 0) is 37.9 Å². The van der Waals surface area contributed by atoms with Gasteiger partial charge in [0, 0.05) is 27.9 Å². The number of rotatable bonds is 19. The van der Waals surface area contributed by atoms with Crippen LogP contribution in [-0.4, -0.2) is 107 Å². The van der Waals surface area contributed by atoms with Crippen LogP contribution in [0.5, 0.6) is 0 Å². The van der Waals surface area contributed by atoms with Crippen molar-refractivity contribution in [2.75, 3.05) is 107 Å². The lowest BCUT2D eigenvalue weighted by Gasteiger charge is -2.06. The maximum Gasteiger partial charge on any atom is 0.0701 e. The predicted molar refractivity (Wildman–Crippen MR) is 95.4 cm³/mol. The molecule has 0 bridgehead atoms. The average molecular weight is 370 g/mol. The second-order valence-corrected chi connectivity index (χ2v) is 4.62. The summed E-state index contributed by atoms with van der Waals surface area (Å²) in [5, 5.41) is 0. The highest BCUT2D eigenvalue weighted by molar-refractivity contribution is 4.34. The van der Waals surface area contributed by atoms with E-state index in [1.807, 2.05) is 6.92 Å². The number of ether oxygens (including phenoxy) is 8. The zero-order chi connectivity index (χ0) is 18.8. The molecule has 0 N–H and O–H groups in total. The highest BCUT2D eigenvalue weighted by Crippen LogP contribution is 1.82. The number of methoxy groups -OCH3 is 3. The maximum absolute atomic E-state index is 5.26. The van der Waals surface area contributed by atoms with Gasteiger partial charge in [-0.25, -0.2) is 0 Å². The molecule has 0 rings (SSSR count). The van der Waals surface area contributed by atoms with Crippen molar-refractivity contribution < 1.29 is 37.9 Å². The fourth-order valence-electron chi connectivity index (χ4n) is 1.33.